The van der Waals surface area contributed by atoms with E-state index in [1.54, 1.807) is 42.5 Å². The molecule has 0 bridgehead atoms. The number of nitrogens with one attached hydrogen (secondary N) is 1. The van der Waals surface area contributed by atoms with Gasteiger partial charge >= 0.3 is 0 Å². The molecule has 4 aromatic carbocycles. The van der Waals surface area contributed by atoms with Crippen molar-refractivity contribution in [2.75, 3.05) is 11.5 Å². The quantitative estimate of drug-likeness (QED) is 0.269. The second-order valence-corrected chi connectivity index (χ2v) is 9.06. The Balaban J connectivity index is 1.56. The van der Waals surface area contributed by atoms with E-state index in [1.807, 2.05) is 49.4 Å². The molecule has 0 fully saturated rings. The number of carbonyl (C=O) groups excluding carboxylic acids is 2. The average molecular weight is 538 g/mol. The van der Waals surface area contributed by atoms with Gasteiger partial charge in [0, 0.05) is 6.54 Å². The van der Waals surface area contributed by atoms with Crippen molar-refractivity contribution in [2.45, 2.75) is 26.1 Å². The topological polar surface area (TPSA) is 89.4 Å². The maximum atomic E-state index is 15.3. The molecule has 0 spiro atoms. The van der Waals surface area contributed by atoms with Crippen molar-refractivity contribution in [1.82, 2.24) is 20.3 Å². The fourth-order valence-corrected chi connectivity index (χ4v) is 4.52. The van der Waals surface area contributed by atoms with Crippen molar-refractivity contribution in [3.63, 3.8) is 0 Å². The van der Waals surface area contributed by atoms with Gasteiger partial charge in [-0.25, -0.2) is 9.07 Å². The molecule has 9 heteroatoms. The van der Waals surface area contributed by atoms with Gasteiger partial charge in [-0.3, -0.25) is 14.5 Å². The van der Waals surface area contributed by atoms with E-state index in [-0.39, 0.29) is 18.8 Å². The van der Waals surface area contributed by atoms with Gasteiger partial charge in [0.25, 0.3) is 0 Å². The molecular formula is C31H28FN5O3. The Hall–Kier alpha value is -5.05. The Morgan fingerprint density at radius 2 is 1.62 bits per heavy atom. The maximum Gasteiger partial charge on any atom is 0.249 e. The number of anilines is 1. The Morgan fingerprint density at radius 1 is 0.925 bits per heavy atom. The van der Waals surface area contributed by atoms with Crippen LogP contribution in [-0.4, -0.2) is 33.4 Å². The molecule has 1 aromatic heterocycles. The monoisotopic (exact) mass is 537 g/mol. The van der Waals surface area contributed by atoms with Gasteiger partial charge in [-0.1, -0.05) is 71.9 Å². The third-order valence-corrected chi connectivity index (χ3v) is 6.41. The molecular weight excluding hydrogens is 509 g/mol. The van der Waals surface area contributed by atoms with E-state index in [2.05, 4.69) is 15.6 Å². The number of amides is 2. The Bertz CT molecular complexity index is 1600. The minimum atomic E-state index is -1.18. The summed E-state index contributed by atoms with van der Waals surface area (Å²) in [6.07, 6.45) is 0. The zero-order valence-corrected chi connectivity index (χ0v) is 21.9. The van der Waals surface area contributed by atoms with Gasteiger partial charge in [-0.05, 0) is 54.4 Å². The molecule has 0 radical (unpaired) electrons. The molecule has 0 aliphatic carbocycles. The van der Waals surface area contributed by atoms with Gasteiger partial charge in [0.05, 0.1) is 17.8 Å². The van der Waals surface area contributed by atoms with Gasteiger partial charge in [0.2, 0.25) is 11.8 Å². The lowest BCUT2D eigenvalue weighted by Crippen LogP contribution is -2.45. The highest BCUT2D eigenvalue weighted by Crippen LogP contribution is 2.31. The zero-order valence-electron chi connectivity index (χ0n) is 21.9. The minimum absolute atomic E-state index is 0.0225. The van der Waals surface area contributed by atoms with Crippen LogP contribution in [0.5, 0.6) is 5.75 Å². The van der Waals surface area contributed by atoms with E-state index in [0.29, 0.717) is 29.0 Å². The first-order valence-corrected chi connectivity index (χ1v) is 12.9. The number of halogens is 1. The number of aromatic nitrogens is 3. The van der Waals surface area contributed by atoms with E-state index < -0.39 is 23.7 Å². The van der Waals surface area contributed by atoms with Crippen LogP contribution in [0.25, 0.3) is 11.0 Å². The molecule has 0 saturated heterocycles. The largest absolute Gasteiger partial charge is 0.494 e. The number of hydrogen-bond acceptors (Lipinski definition) is 5. The highest BCUT2D eigenvalue weighted by molar-refractivity contribution is 6.01. The van der Waals surface area contributed by atoms with Crippen LogP contribution in [0.1, 0.15) is 24.1 Å². The fraction of sp³-hybridized carbons (Fsp3) is 0.161. The zero-order chi connectivity index (χ0) is 27.9. The van der Waals surface area contributed by atoms with Crippen molar-refractivity contribution in [3.05, 3.63) is 120 Å². The summed E-state index contributed by atoms with van der Waals surface area (Å²) >= 11 is 0. The third-order valence-electron chi connectivity index (χ3n) is 6.41. The van der Waals surface area contributed by atoms with E-state index in [1.165, 1.54) is 27.8 Å². The standard InChI is InChI=1S/C31H28FN5O3/c1-2-40-24-18-16-23(17-19-24)30(31(39)33-20-22-10-4-3-5-11-22)37(27-14-8-6-12-25(27)32)29(38)21-36-28-15-9-7-13-26(28)34-35-36/h3-19,30H,2,20-21H2,1H3,(H,33,39). The summed E-state index contributed by atoms with van der Waals surface area (Å²) in [6, 6.07) is 28.3. The highest BCUT2D eigenvalue weighted by Gasteiger charge is 2.34. The number of fused-ring (bicyclic) bond motifs is 1. The fourth-order valence-electron chi connectivity index (χ4n) is 4.52. The van der Waals surface area contributed by atoms with Crippen LogP contribution in [-0.2, 0) is 22.7 Å². The number of nitrogens with zero attached hydrogens (tertiary/aromatic N) is 4. The lowest BCUT2D eigenvalue weighted by atomic mass is 10.0. The van der Waals surface area contributed by atoms with Crippen LogP contribution in [0.2, 0.25) is 0 Å². The van der Waals surface area contributed by atoms with E-state index in [0.717, 1.165) is 5.56 Å². The number of para-hydroxylation sites is 2. The summed E-state index contributed by atoms with van der Waals surface area (Å²) in [5.74, 6) is -1.01. The van der Waals surface area contributed by atoms with Crippen LogP contribution in [0.3, 0.4) is 0 Å². The van der Waals surface area contributed by atoms with Crippen molar-refractivity contribution < 1.29 is 18.7 Å². The Morgan fingerprint density at radius 3 is 2.38 bits per heavy atom. The summed E-state index contributed by atoms with van der Waals surface area (Å²) < 4.78 is 22.3. The molecule has 2 amide bonds. The lowest BCUT2D eigenvalue weighted by molar-refractivity contribution is -0.127. The first kappa shape index (κ1) is 26.6. The Labute approximate surface area is 231 Å². The first-order valence-electron chi connectivity index (χ1n) is 12.9. The predicted octanol–water partition coefficient (Wildman–Crippen LogP) is 5.06. The third kappa shape index (κ3) is 5.83. The van der Waals surface area contributed by atoms with E-state index >= 15 is 4.39 Å². The van der Waals surface area contributed by atoms with Crippen molar-refractivity contribution >= 4 is 28.5 Å². The van der Waals surface area contributed by atoms with Gasteiger partial charge in [-0.15, -0.1) is 5.10 Å². The number of carbonyl (C=O) groups is 2. The normalized spacial score (nSPS) is 11.7. The molecule has 202 valence electrons. The lowest BCUT2D eigenvalue weighted by Gasteiger charge is -2.32. The molecule has 1 heterocycles. The summed E-state index contributed by atoms with van der Waals surface area (Å²) in [5, 5.41) is 11.2. The SMILES string of the molecule is CCOc1ccc(C(C(=O)NCc2ccccc2)N(C(=O)Cn2nnc3ccccc32)c2ccccc2F)cc1. The van der Waals surface area contributed by atoms with Crippen LogP contribution < -0.4 is 15.0 Å². The second-order valence-electron chi connectivity index (χ2n) is 9.06. The number of rotatable bonds is 10. The number of ether oxygens (including phenoxy) is 1. The number of hydrogen-bond donors (Lipinski definition) is 1. The minimum Gasteiger partial charge on any atom is -0.494 e. The summed E-state index contributed by atoms with van der Waals surface area (Å²) in [5.41, 5.74) is 2.63. The smallest absolute Gasteiger partial charge is 0.249 e. The summed E-state index contributed by atoms with van der Waals surface area (Å²) in [7, 11) is 0. The molecule has 1 unspecified atom stereocenters. The summed E-state index contributed by atoms with van der Waals surface area (Å²) in [4.78, 5) is 29.1. The van der Waals surface area contributed by atoms with Crippen LogP contribution in [0.4, 0.5) is 10.1 Å². The molecule has 8 nitrogen and oxygen atoms in total. The van der Waals surface area contributed by atoms with Gasteiger partial charge in [-0.2, -0.15) is 0 Å². The summed E-state index contributed by atoms with van der Waals surface area (Å²) in [6.45, 7) is 2.33. The van der Waals surface area contributed by atoms with E-state index in [4.69, 9.17) is 4.74 Å². The van der Waals surface area contributed by atoms with Crippen molar-refractivity contribution in [3.8, 4) is 5.75 Å². The van der Waals surface area contributed by atoms with Crippen molar-refractivity contribution in [2.24, 2.45) is 0 Å². The molecule has 1 atom stereocenters. The van der Waals surface area contributed by atoms with E-state index in [9.17, 15) is 9.59 Å². The average Bonchev–Trinajstić information content (AvgIpc) is 3.39. The second kappa shape index (κ2) is 12.2. The van der Waals surface area contributed by atoms with Gasteiger partial charge in [0.15, 0.2) is 0 Å². The van der Waals surface area contributed by atoms with Crippen LogP contribution in [0.15, 0.2) is 103 Å². The maximum absolute atomic E-state index is 15.3. The highest BCUT2D eigenvalue weighted by atomic mass is 19.1. The molecule has 5 aromatic rings. The van der Waals surface area contributed by atoms with Crippen LogP contribution >= 0.6 is 0 Å². The predicted molar refractivity (Wildman–Crippen MR) is 150 cm³/mol. The van der Waals surface area contributed by atoms with Gasteiger partial charge in [0.1, 0.15) is 29.7 Å². The number of benzene rings is 4. The molecule has 0 aliphatic rings. The molecule has 40 heavy (non-hydrogen) atoms. The first-order chi connectivity index (χ1) is 19.5. The molecule has 5 rings (SSSR count). The molecule has 1 N–H and O–H groups in total. The van der Waals surface area contributed by atoms with Crippen LogP contribution in [0, 0.1) is 5.82 Å². The van der Waals surface area contributed by atoms with Crippen molar-refractivity contribution in [1.29, 1.82) is 0 Å². The van der Waals surface area contributed by atoms with Gasteiger partial charge < -0.3 is 10.1 Å². The molecule has 0 aliphatic heterocycles. The Kier molecular flexibility index (Phi) is 8.10. The molecule has 0 saturated carbocycles.